The normalized spacial score (nSPS) is 13.6. The Morgan fingerprint density at radius 3 is 2.82 bits per heavy atom. The van der Waals surface area contributed by atoms with E-state index in [4.69, 9.17) is 0 Å². The molecule has 0 aliphatic carbocycles. The Bertz CT molecular complexity index is 737. The van der Waals surface area contributed by atoms with Crippen molar-refractivity contribution in [3.63, 3.8) is 0 Å². The van der Waals surface area contributed by atoms with E-state index in [0.717, 1.165) is 11.1 Å². The van der Waals surface area contributed by atoms with Crippen LogP contribution in [0.5, 0.6) is 0 Å². The van der Waals surface area contributed by atoms with E-state index in [1.165, 1.54) is 0 Å². The third-order valence-corrected chi connectivity index (χ3v) is 3.89. The van der Waals surface area contributed by atoms with Gasteiger partial charge in [-0.05, 0) is 17.5 Å². The zero-order valence-corrected chi connectivity index (χ0v) is 12.5. The molecule has 0 aromatic carbocycles. The van der Waals surface area contributed by atoms with Crippen LogP contribution in [0.1, 0.15) is 28.4 Å². The lowest BCUT2D eigenvalue weighted by Crippen LogP contribution is -2.35. The third-order valence-electron chi connectivity index (χ3n) is 3.89. The van der Waals surface area contributed by atoms with Crippen molar-refractivity contribution in [3.8, 4) is 0 Å². The summed E-state index contributed by atoms with van der Waals surface area (Å²) in [6.45, 7) is 2.68. The second-order valence-electron chi connectivity index (χ2n) is 5.31. The van der Waals surface area contributed by atoms with Crippen LogP contribution in [-0.2, 0) is 24.8 Å². The average Bonchev–Trinajstić information content (AvgIpc) is 2.91. The first kappa shape index (κ1) is 14.2. The summed E-state index contributed by atoms with van der Waals surface area (Å²) in [5.74, 6) is 0.461. The number of rotatable bonds is 2. The second kappa shape index (κ2) is 5.59. The highest BCUT2D eigenvalue weighted by Gasteiger charge is 2.23. The first-order chi connectivity index (χ1) is 10.6. The van der Waals surface area contributed by atoms with E-state index in [9.17, 15) is 9.59 Å². The molecular formula is C15H17N5O2. The number of hydrogen-bond donors (Lipinski definition) is 1. The van der Waals surface area contributed by atoms with Crippen LogP contribution in [0.4, 0.5) is 5.82 Å². The number of anilines is 1. The standard InChI is InChI=1S/C15H17N5O2/c1-10(21)20-6-4-12-11(9-20)7-16-8-13(12)15(22)18-14-3-5-17-19(14)2/h3,5,7-8H,4,6,9H2,1-2H3,(H,18,22). The summed E-state index contributed by atoms with van der Waals surface area (Å²) in [7, 11) is 1.76. The molecule has 0 bridgehead atoms. The maximum atomic E-state index is 12.5. The number of aryl methyl sites for hydroxylation is 1. The van der Waals surface area contributed by atoms with Gasteiger partial charge in [-0.15, -0.1) is 0 Å². The van der Waals surface area contributed by atoms with Crippen molar-refractivity contribution in [2.45, 2.75) is 19.9 Å². The molecule has 1 aliphatic rings. The third kappa shape index (κ3) is 2.57. The number of aromatic nitrogens is 3. The molecule has 2 amide bonds. The molecular weight excluding hydrogens is 282 g/mol. The Morgan fingerprint density at radius 1 is 1.32 bits per heavy atom. The molecule has 1 N–H and O–H groups in total. The van der Waals surface area contributed by atoms with E-state index in [2.05, 4.69) is 15.4 Å². The summed E-state index contributed by atoms with van der Waals surface area (Å²) < 4.78 is 1.60. The zero-order valence-electron chi connectivity index (χ0n) is 12.5. The van der Waals surface area contributed by atoms with Gasteiger partial charge in [0.25, 0.3) is 5.91 Å². The molecule has 0 unspecified atom stereocenters. The van der Waals surface area contributed by atoms with Gasteiger partial charge in [0.15, 0.2) is 0 Å². The van der Waals surface area contributed by atoms with E-state index < -0.39 is 0 Å². The van der Waals surface area contributed by atoms with Crippen LogP contribution in [0.3, 0.4) is 0 Å². The number of hydrogen-bond acceptors (Lipinski definition) is 4. The summed E-state index contributed by atoms with van der Waals surface area (Å²) in [5.41, 5.74) is 2.45. The fraction of sp³-hybridized carbons (Fsp3) is 0.333. The molecule has 2 aromatic heterocycles. The number of carbonyl (C=O) groups excluding carboxylic acids is 2. The molecule has 3 heterocycles. The molecule has 2 aromatic rings. The van der Waals surface area contributed by atoms with E-state index in [-0.39, 0.29) is 11.8 Å². The molecule has 0 atom stereocenters. The lowest BCUT2D eigenvalue weighted by atomic mass is 9.96. The predicted octanol–water partition coefficient (Wildman–Crippen LogP) is 0.972. The van der Waals surface area contributed by atoms with Gasteiger partial charge in [-0.3, -0.25) is 19.3 Å². The molecule has 0 spiro atoms. The minimum absolute atomic E-state index is 0.0374. The fourth-order valence-electron chi connectivity index (χ4n) is 2.64. The van der Waals surface area contributed by atoms with Crippen molar-refractivity contribution >= 4 is 17.6 Å². The van der Waals surface area contributed by atoms with Gasteiger partial charge in [0.05, 0.1) is 11.8 Å². The number of pyridine rings is 1. The van der Waals surface area contributed by atoms with Crippen LogP contribution in [0, 0.1) is 0 Å². The van der Waals surface area contributed by atoms with E-state index in [0.29, 0.717) is 30.9 Å². The second-order valence-corrected chi connectivity index (χ2v) is 5.31. The maximum absolute atomic E-state index is 12.5. The monoisotopic (exact) mass is 299 g/mol. The summed E-state index contributed by atoms with van der Waals surface area (Å²) in [6, 6.07) is 1.73. The molecule has 0 fully saturated rings. The van der Waals surface area contributed by atoms with Gasteiger partial charge in [0.1, 0.15) is 5.82 Å². The van der Waals surface area contributed by atoms with Crippen LogP contribution in [0.2, 0.25) is 0 Å². The average molecular weight is 299 g/mol. The SMILES string of the molecule is CC(=O)N1CCc2c(cncc2C(=O)Nc2ccnn2C)C1. The van der Waals surface area contributed by atoms with Crippen molar-refractivity contribution in [1.29, 1.82) is 0 Å². The van der Waals surface area contributed by atoms with Crippen molar-refractivity contribution in [3.05, 3.63) is 41.3 Å². The number of nitrogens with one attached hydrogen (secondary N) is 1. The fourth-order valence-corrected chi connectivity index (χ4v) is 2.64. The summed E-state index contributed by atoms with van der Waals surface area (Å²) in [5, 5.41) is 6.85. The van der Waals surface area contributed by atoms with E-state index >= 15 is 0 Å². The number of fused-ring (bicyclic) bond motifs is 1. The zero-order chi connectivity index (χ0) is 15.7. The Morgan fingerprint density at radius 2 is 2.14 bits per heavy atom. The smallest absolute Gasteiger partial charge is 0.258 e. The highest BCUT2D eigenvalue weighted by Crippen LogP contribution is 2.22. The van der Waals surface area contributed by atoms with Crippen LogP contribution in [-0.4, -0.2) is 38.0 Å². The summed E-state index contributed by atoms with van der Waals surface area (Å²) in [4.78, 5) is 29.9. The molecule has 7 nitrogen and oxygen atoms in total. The number of carbonyl (C=O) groups is 2. The molecule has 0 saturated heterocycles. The summed E-state index contributed by atoms with van der Waals surface area (Å²) in [6.07, 6.45) is 5.59. The minimum atomic E-state index is -0.204. The lowest BCUT2D eigenvalue weighted by Gasteiger charge is -2.28. The molecule has 22 heavy (non-hydrogen) atoms. The van der Waals surface area contributed by atoms with E-state index in [1.807, 2.05) is 0 Å². The highest BCUT2D eigenvalue weighted by atomic mass is 16.2. The maximum Gasteiger partial charge on any atom is 0.258 e. The van der Waals surface area contributed by atoms with Crippen LogP contribution < -0.4 is 5.32 Å². The van der Waals surface area contributed by atoms with E-state index in [1.54, 1.807) is 48.2 Å². The van der Waals surface area contributed by atoms with Crippen molar-refractivity contribution in [2.24, 2.45) is 7.05 Å². The molecule has 114 valence electrons. The topological polar surface area (TPSA) is 80.1 Å². The van der Waals surface area contributed by atoms with Crippen molar-refractivity contribution in [1.82, 2.24) is 19.7 Å². The van der Waals surface area contributed by atoms with Crippen LogP contribution in [0.25, 0.3) is 0 Å². The first-order valence-corrected chi connectivity index (χ1v) is 7.07. The first-order valence-electron chi connectivity index (χ1n) is 7.07. The van der Waals surface area contributed by atoms with Gasteiger partial charge in [-0.1, -0.05) is 0 Å². The van der Waals surface area contributed by atoms with Gasteiger partial charge in [-0.2, -0.15) is 5.10 Å². The van der Waals surface area contributed by atoms with Gasteiger partial charge < -0.3 is 10.2 Å². The highest BCUT2D eigenvalue weighted by molar-refractivity contribution is 6.04. The van der Waals surface area contributed by atoms with Crippen molar-refractivity contribution in [2.75, 3.05) is 11.9 Å². The molecule has 7 heteroatoms. The molecule has 0 radical (unpaired) electrons. The van der Waals surface area contributed by atoms with Crippen molar-refractivity contribution < 1.29 is 9.59 Å². The van der Waals surface area contributed by atoms with Crippen LogP contribution >= 0.6 is 0 Å². The predicted molar refractivity (Wildman–Crippen MR) is 80.2 cm³/mol. The Kier molecular flexibility index (Phi) is 3.62. The largest absolute Gasteiger partial charge is 0.338 e. The summed E-state index contributed by atoms with van der Waals surface area (Å²) >= 11 is 0. The van der Waals surface area contributed by atoms with Gasteiger partial charge in [-0.25, -0.2) is 0 Å². The van der Waals surface area contributed by atoms with Gasteiger partial charge in [0, 0.05) is 45.5 Å². The Balaban J connectivity index is 1.87. The minimum Gasteiger partial charge on any atom is -0.338 e. The molecule has 1 aliphatic heterocycles. The number of amides is 2. The quantitative estimate of drug-likeness (QED) is 0.896. The van der Waals surface area contributed by atoms with Gasteiger partial charge >= 0.3 is 0 Å². The lowest BCUT2D eigenvalue weighted by molar-refractivity contribution is -0.129. The molecule has 3 rings (SSSR count). The Hall–Kier alpha value is -2.70. The Labute approximate surface area is 127 Å². The number of nitrogens with zero attached hydrogens (tertiary/aromatic N) is 4. The molecule has 0 saturated carbocycles. The van der Waals surface area contributed by atoms with Gasteiger partial charge in [0.2, 0.25) is 5.91 Å². The van der Waals surface area contributed by atoms with Crippen LogP contribution in [0.15, 0.2) is 24.7 Å².